The van der Waals surface area contributed by atoms with E-state index >= 15 is 0 Å². The van der Waals surface area contributed by atoms with Gasteiger partial charge in [-0.3, -0.25) is 0 Å². The summed E-state index contributed by atoms with van der Waals surface area (Å²) in [7, 11) is -1.99. The lowest BCUT2D eigenvalue weighted by Crippen LogP contribution is -2.28. The SMILES string of the molecule is CC1CCC[C@H](Cc2cc(Cl)cc(P(c3ccccc3)c3ccccc3)c2O)Oc2c(cc(Cl)cc2P(c2ccccc2)c2ccccc2)C1. The maximum Gasteiger partial charge on any atom is 0.131 e. The molecule has 0 amide bonds. The molecule has 2 nitrogen and oxygen atoms in total. The Labute approximate surface area is 308 Å². The summed E-state index contributed by atoms with van der Waals surface area (Å²) in [6.45, 7) is 2.33. The molecule has 0 aliphatic carbocycles. The topological polar surface area (TPSA) is 29.5 Å². The third-order valence-corrected chi connectivity index (χ3v) is 14.6. The van der Waals surface area contributed by atoms with Gasteiger partial charge in [0.15, 0.2) is 0 Å². The highest BCUT2D eigenvalue weighted by Crippen LogP contribution is 2.43. The van der Waals surface area contributed by atoms with E-state index in [1.165, 1.54) is 10.6 Å². The van der Waals surface area contributed by atoms with Crippen LogP contribution in [0.4, 0.5) is 0 Å². The molecular weight excluding hydrogens is 693 g/mol. The van der Waals surface area contributed by atoms with Crippen molar-refractivity contribution in [2.75, 3.05) is 0 Å². The van der Waals surface area contributed by atoms with E-state index in [0.717, 1.165) is 68.8 Å². The lowest BCUT2D eigenvalue weighted by Gasteiger charge is -2.28. The Bertz CT molecular complexity index is 1950. The van der Waals surface area contributed by atoms with Crippen LogP contribution in [0.2, 0.25) is 10.0 Å². The summed E-state index contributed by atoms with van der Waals surface area (Å²) in [5.41, 5.74) is 1.97. The minimum absolute atomic E-state index is 0.167. The van der Waals surface area contributed by atoms with Crippen molar-refractivity contribution in [3.8, 4) is 11.5 Å². The molecule has 1 aliphatic heterocycles. The van der Waals surface area contributed by atoms with Crippen LogP contribution in [0.15, 0.2) is 146 Å². The van der Waals surface area contributed by atoms with E-state index in [2.05, 4.69) is 128 Å². The Kier molecular flexibility index (Phi) is 11.2. The fourth-order valence-corrected chi connectivity index (χ4v) is 12.5. The fraction of sp³-hybridized carbons (Fsp3) is 0.182. The number of hydrogen-bond acceptors (Lipinski definition) is 2. The molecule has 0 spiro atoms. The highest BCUT2D eigenvalue weighted by Gasteiger charge is 2.29. The van der Waals surface area contributed by atoms with E-state index in [9.17, 15) is 5.11 Å². The molecule has 7 rings (SSSR count). The summed E-state index contributed by atoms with van der Waals surface area (Å²) in [6, 6.07) is 50.4. The third kappa shape index (κ3) is 7.96. The smallest absolute Gasteiger partial charge is 0.131 e. The summed E-state index contributed by atoms with van der Waals surface area (Å²) in [6.07, 6.45) is 4.26. The number of hydrogen-bond donors (Lipinski definition) is 1. The number of phenolic OH excluding ortho intramolecular Hbond substituents is 1. The predicted octanol–water partition coefficient (Wildman–Crippen LogP) is 9.57. The molecule has 0 saturated heterocycles. The fourth-order valence-electron chi connectivity index (χ4n) is 7.00. The summed E-state index contributed by atoms with van der Waals surface area (Å²) in [5.74, 6) is 1.72. The first-order chi connectivity index (χ1) is 24.4. The maximum absolute atomic E-state index is 12.1. The highest BCUT2D eigenvalue weighted by molar-refractivity contribution is 7.80. The molecule has 1 N–H and O–H groups in total. The number of aromatic hydroxyl groups is 1. The first-order valence-corrected chi connectivity index (χ1v) is 20.7. The molecular formula is C44H40Cl2O2P2. The molecule has 0 saturated carbocycles. The van der Waals surface area contributed by atoms with Crippen molar-refractivity contribution < 1.29 is 9.84 Å². The van der Waals surface area contributed by atoms with Crippen molar-refractivity contribution in [3.05, 3.63) is 167 Å². The Morgan fingerprint density at radius 3 is 1.60 bits per heavy atom. The van der Waals surface area contributed by atoms with Gasteiger partial charge in [0.25, 0.3) is 0 Å². The summed E-state index contributed by atoms with van der Waals surface area (Å²) in [4.78, 5) is 0. The monoisotopic (exact) mass is 732 g/mol. The van der Waals surface area contributed by atoms with E-state index in [1.807, 2.05) is 24.3 Å². The average Bonchev–Trinajstić information content (AvgIpc) is 3.20. The maximum atomic E-state index is 12.1. The lowest BCUT2D eigenvalue weighted by molar-refractivity contribution is 0.188. The zero-order valence-electron chi connectivity index (χ0n) is 28.1. The van der Waals surface area contributed by atoms with Crippen LogP contribution in [-0.2, 0) is 12.8 Å². The van der Waals surface area contributed by atoms with Crippen LogP contribution >= 0.6 is 39.0 Å². The van der Waals surface area contributed by atoms with Crippen LogP contribution in [0.1, 0.15) is 37.3 Å². The van der Waals surface area contributed by atoms with Gasteiger partial charge < -0.3 is 9.84 Å². The minimum Gasteiger partial charge on any atom is -0.507 e. The van der Waals surface area contributed by atoms with Crippen molar-refractivity contribution in [2.24, 2.45) is 5.92 Å². The van der Waals surface area contributed by atoms with Gasteiger partial charge >= 0.3 is 0 Å². The summed E-state index contributed by atoms with van der Waals surface area (Å²) < 4.78 is 7.25. The molecule has 0 radical (unpaired) electrons. The third-order valence-electron chi connectivity index (χ3n) is 9.31. The number of benzene rings is 6. The van der Waals surface area contributed by atoms with Gasteiger partial charge in [-0.2, -0.15) is 0 Å². The van der Waals surface area contributed by atoms with Crippen LogP contribution in [-0.4, -0.2) is 11.2 Å². The van der Waals surface area contributed by atoms with Crippen molar-refractivity contribution in [1.29, 1.82) is 0 Å². The molecule has 0 bridgehead atoms. The second kappa shape index (κ2) is 16.1. The van der Waals surface area contributed by atoms with Gasteiger partial charge in [0.1, 0.15) is 17.6 Å². The Morgan fingerprint density at radius 2 is 1.08 bits per heavy atom. The van der Waals surface area contributed by atoms with Crippen LogP contribution in [0.25, 0.3) is 0 Å². The van der Waals surface area contributed by atoms with Gasteiger partial charge in [0.05, 0.1) is 0 Å². The quantitative estimate of drug-likeness (QED) is 0.158. The normalized spacial score (nSPS) is 16.3. The summed E-state index contributed by atoms with van der Waals surface area (Å²) in [5, 5.41) is 20.3. The molecule has 6 aromatic rings. The van der Waals surface area contributed by atoms with Crippen molar-refractivity contribution in [3.63, 3.8) is 0 Å². The molecule has 6 aromatic carbocycles. The van der Waals surface area contributed by atoms with Crippen molar-refractivity contribution >= 4 is 70.9 Å². The first kappa shape index (κ1) is 34.8. The van der Waals surface area contributed by atoms with Crippen LogP contribution in [0, 0.1) is 5.92 Å². The van der Waals surface area contributed by atoms with Gasteiger partial charge in [-0.05, 0) is 97.6 Å². The van der Waals surface area contributed by atoms with Crippen molar-refractivity contribution in [1.82, 2.24) is 0 Å². The predicted molar refractivity (Wildman–Crippen MR) is 217 cm³/mol. The largest absolute Gasteiger partial charge is 0.507 e. The van der Waals surface area contributed by atoms with Gasteiger partial charge in [-0.25, -0.2) is 0 Å². The minimum atomic E-state index is -1.04. The van der Waals surface area contributed by atoms with E-state index in [4.69, 9.17) is 27.9 Å². The van der Waals surface area contributed by atoms with Gasteiger partial charge in [-0.15, -0.1) is 0 Å². The number of ether oxygens (including phenoxy) is 1. The van der Waals surface area contributed by atoms with E-state index < -0.39 is 15.8 Å². The highest BCUT2D eigenvalue weighted by atomic mass is 35.5. The zero-order chi connectivity index (χ0) is 34.5. The van der Waals surface area contributed by atoms with E-state index in [1.54, 1.807) is 0 Å². The second-order valence-electron chi connectivity index (χ2n) is 13.0. The molecule has 2 atom stereocenters. The molecule has 50 heavy (non-hydrogen) atoms. The lowest BCUT2D eigenvalue weighted by atomic mass is 9.95. The standard InChI is InChI=1S/C44H40Cl2O2P2/c1-31-15-14-16-36(28-32-26-34(45)29-41(43(32)47)49(37-17-6-2-7-18-37)38-19-8-3-9-20-38)48-44-33(25-31)27-35(46)30-42(44)50(39-21-10-4-11-22-39)40-23-12-5-13-24-40/h2-13,17-24,26-27,29-31,36,47H,14-16,25,28H2,1H3/t31?,36-/m1/s1. The number of rotatable bonds is 8. The van der Waals surface area contributed by atoms with Gasteiger partial charge in [0.2, 0.25) is 0 Å². The molecule has 252 valence electrons. The van der Waals surface area contributed by atoms with Gasteiger partial charge in [0, 0.05) is 27.1 Å². The zero-order valence-corrected chi connectivity index (χ0v) is 31.4. The summed E-state index contributed by atoms with van der Waals surface area (Å²) >= 11 is 13.9. The van der Waals surface area contributed by atoms with Crippen LogP contribution < -0.4 is 36.6 Å². The molecule has 1 aliphatic rings. The number of fused-ring (bicyclic) bond motifs is 1. The first-order valence-electron chi connectivity index (χ1n) is 17.3. The average molecular weight is 734 g/mol. The molecule has 0 aromatic heterocycles. The van der Waals surface area contributed by atoms with Gasteiger partial charge in [-0.1, -0.05) is 158 Å². The molecule has 0 fully saturated rings. The van der Waals surface area contributed by atoms with E-state index in [-0.39, 0.29) is 6.10 Å². The van der Waals surface area contributed by atoms with Crippen LogP contribution in [0.3, 0.4) is 0 Å². The molecule has 1 unspecified atom stereocenters. The van der Waals surface area contributed by atoms with E-state index in [0.29, 0.717) is 23.1 Å². The second-order valence-corrected chi connectivity index (χ2v) is 18.3. The number of phenols is 1. The Morgan fingerprint density at radius 1 is 0.620 bits per heavy atom. The Hall–Kier alpha value is -3.64. The molecule has 6 heteroatoms. The number of halogens is 2. The van der Waals surface area contributed by atoms with Crippen molar-refractivity contribution in [2.45, 2.75) is 45.1 Å². The van der Waals surface area contributed by atoms with Crippen LogP contribution in [0.5, 0.6) is 11.5 Å². The molecule has 1 heterocycles. The Balaban J connectivity index is 1.32.